The Bertz CT molecular complexity index is 1030. The summed E-state index contributed by atoms with van der Waals surface area (Å²) in [4.78, 5) is 16.2. The smallest absolute Gasteiger partial charge is 0.315 e. The number of rotatable bonds is 7. The zero-order chi connectivity index (χ0) is 19.3. The summed E-state index contributed by atoms with van der Waals surface area (Å²) in [5.41, 5.74) is 0.828. The molecule has 0 bridgehead atoms. The molecule has 8 nitrogen and oxygen atoms in total. The number of methoxy groups -OCH3 is 1. The zero-order valence-corrected chi connectivity index (χ0v) is 15.3. The highest BCUT2D eigenvalue weighted by atomic mass is 32.2. The summed E-state index contributed by atoms with van der Waals surface area (Å²) < 4.78 is 34.6. The summed E-state index contributed by atoms with van der Waals surface area (Å²) in [6.07, 6.45) is 0. The molecule has 0 radical (unpaired) electrons. The second-order valence-corrected chi connectivity index (χ2v) is 7.61. The van der Waals surface area contributed by atoms with Crippen LogP contribution < -0.4 is 10.1 Å². The van der Waals surface area contributed by atoms with Gasteiger partial charge in [0.05, 0.1) is 12.0 Å². The Hall–Kier alpha value is -3.20. The topological polar surface area (TPSA) is 111 Å². The fourth-order valence-electron chi connectivity index (χ4n) is 2.33. The zero-order valence-electron chi connectivity index (χ0n) is 14.5. The first-order valence-corrected chi connectivity index (χ1v) is 9.65. The van der Waals surface area contributed by atoms with E-state index in [2.05, 4.69) is 15.5 Å². The van der Waals surface area contributed by atoms with E-state index in [9.17, 15) is 13.2 Å². The molecule has 1 heterocycles. The molecular weight excluding hydrogens is 370 g/mol. The van der Waals surface area contributed by atoms with Gasteiger partial charge in [0.25, 0.3) is 0 Å². The summed E-state index contributed by atoms with van der Waals surface area (Å²) >= 11 is 0. The number of hydrogen-bond donors (Lipinski definition) is 1. The standard InChI is InChI=1S/C18H17N3O5S/c1-25-14-7-5-6-13(10-14)11-19-17(22)18-20-16(21-26-18)12-27(23,24)15-8-3-2-4-9-15/h2-10H,11-12H2,1H3,(H,19,22). The van der Waals surface area contributed by atoms with Crippen LogP contribution >= 0.6 is 0 Å². The van der Waals surface area contributed by atoms with Gasteiger partial charge < -0.3 is 14.6 Å². The van der Waals surface area contributed by atoms with E-state index < -0.39 is 21.5 Å². The van der Waals surface area contributed by atoms with Crippen LogP contribution in [0.1, 0.15) is 22.1 Å². The highest BCUT2D eigenvalue weighted by Gasteiger charge is 2.21. The molecule has 0 aliphatic carbocycles. The Morgan fingerprint density at radius 3 is 2.67 bits per heavy atom. The van der Waals surface area contributed by atoms with Crippen molar-refractivity contribution in [2.45, 2.75) is 17.2 Å². The SMILES string of the molecule is COc1cccc(CNC(=O)c2nc(CS(=O)(=O)c3ccccc3)no2)c1. The normalized spacial score (nSPS) is 11.1. The highest BCUT2D eigenvalue weighted by Crippen LogP contribution is 2.15. The van der Waals surface area contributed by atoms with Crippen molar-refractivity contribution < 1.29 is 22.5 Å². The Kier molecular flexibility index (Phi) is 5.51. The monoisotopic (exact) mass is 387 g/mol. The summed E-state index contributed by atoms with van der Waals surface area (Å²) in [5.74, 6) is -0.743. The molecule has 1 amide bonds. The fraction of sp³-hybridized carbons (Fsp3) is 0.167. The van der Waals surface area contributed by atoms with Crippen LogP contribution in [0.3, 0.4) is 0 Å². The quantitative estimate of drug-likeness (QED) is 0.660. The number of nitrogens with one attached hydrogen (secondary N) is 1. The number of benzene rings is 2. The molecule has 0 fully saturated rings. The summed E-state index contributed by atoms with van der Waals surface area (Å²) in [7, 11) is -2.06. The lowest BCUT2D eigenvalue weighted by Gasteiger charge is -2.04. The van der Waals surface area contributed by atoms with Gasteiger partial charge in [-0.15, -0.1) is 0 Å². The molecule has 0 aliphatic rings. The van der Waals surface area contributed by atoms with Gasteiger partial charge in [-0.3, -0.25) is 4.79 Å². The minimum atomic E-state index is -3.62. The average Bonchev–Trinajstić information content (AvgIpc) is 3.15. The molecular formula is C18H17N3O5S. The third-order valence-electron chi connectivity index (χ3n) is 3.67. The maximum Gasteiger partial charge on any atom is 0.315 e. The van der Waals surface area contributed by atoms with E-state index in [1.165, 1.54) is 12.1 Å². The summed E-state index contributed by atoms with van der Waals surface area (Å²) in [6, 6.07) is 15.1. The minimum absolute atomic E-state index is 0.0783. The molecule has 1 aromatic heterocycles. The molecule has 9 heteroatoms. The number of carbonyl (C=O) groups excluding carboxylic acids is 1. The van der Waals surface area contributed by atoms with Crippen LogP contribution in [-0.4, -0.2) is 31.6 Å². The van der Waals surface area contributed by atoms with Gasteiger partial charge in [-0.25, -0.2) is 8.42 Å². The van der Waals surface area contributed by atoms with Gasteiger partial charge in [-0.2, -0.15) is 4.98 Å². The second-order valence-electron chi connectivity index (χ2n) is 5.62. The minimum Gasteiger partial charge on any atom is -0.497 e. The van der Waals surface area contributed by atoms with Crippen LogP contribution in [0, 0.1) is 0 Å². The number of aromatic nitrogens is 2. The number of amides is 1. The predicted molar refractivity (Wildman–Crippen MR) is 95.8 cm³/mol. The van der Waals surface area contributed by atoms with E-state index >= 15 is 0 Å². The van der Waals surface area contributed by atoms with Gasteiger partial charge in [-0.05, 0) is 29.8 Å². The Balaban J connectivity index is 1.64. The third kappa shape index (κ3) is 4.70. The Morgan fingerprint density at radius 2 is 1.93 bits per heavy atom. The van der Waals surface area contributed by atoms with E-state index in [0.29, 0.717) is 5.75 Å². The van der Waals surface area contributed by atoms with E-state index in [1.807, 2.05) is 6.07 Å². The molecule has 0 saturated heterocycles. The summed E-state index contributed by atoms with van der Waals surface area (Å²) in [5, 5.41) is 6.22. The lowest BCUT2D eigenvalue weighted by atomic mass is 10.2. The van der Waals surface area contributed by atoms with Crippen LogP contribution in [0.2, 0.25) is 0 Å². The predicted octanol–water partition coefficient (Wildman–Crippen LogP) is 1.98. The highest BCUT2D eigenvalue weighted by molar-refractivity contribution is 7.90. The van der Waals surface area contributed by atoms with Crippen molar-refractivity contribution in [3.05, 3.63) is 71.9 Å². The van der Waals surface area contributed by atoms with Gasteiger partial charge >= 0.3 is 11.8 Å². The van der Waals surface area contributed by atoms with Crippen LogP contribution in [0.4, 0.5) is 0 Å². The van der Waals surface area contributed by atoms with Gasteiger partial charge in [0.15, 0.2) is 15.7 Å². The Labute approximate surface area is 156 Å². The summed E-state index contributed by atoms with van der Waals surface area (Å²) in [6.45, 7) is 0.232. The van der Waals surface area contributed by atoms with E-state index in [1.54, 1.807) is 43.5 Å². The lowest BCUT2D eigenvalue weighted by molar-refractivity contribution is 0.0907. The molecule has 0 atom stereocenters. The lowest BCUT2D eigenvalue weighted by Crippen LogP contribution is -2.23. The maximum absolute atomic E-state index is 12.3. The van der Waals surface area contributed by atoms with Crippen LogP contribution in [0.5, 0.6) is 5.75 Å². The molecule has 0 aliphatic heterocycles. The third-order valence-corrected chi connectivity index (χ3v) is 5.30. The number of sulfone groups is 1. The van der Waals surface area contributed by atoms with Crippen molar-refractivity contribution in [3.8, 4) is 5.75 Å². The molecule has 2 aromatic carbocycles. The number of hydrogen-bond acceptors (Lipinski definition) is 7. The van der Waals surface area contributed by atoms with Crippen molar-refractivity contribution in [1.29, 1.82) is 0 Å². The maximum atomic E-state index is 12.3. The van der Waals surface area contributed by atoms with E-state index in [-0.39, 0.29) is 23.2 Å². The molecule has 27 heavy (non-hydrogen) atoms. The van der Waals surface area contributed by atoms with Crippen molar-refractivity contribution in [3.63, 3.8) is 0 Å². The Morgan fingerprint density at radius 1 is 1.15 bits per heavy atom. The average molecular weight is 387 g/mol. The van der Waals surface area contributed by atoms with E-state index in [4.69, 9.17) is 9.26 Å². The van der Waals surface area contributed by atoms with Crippen LogP contribution in [-0.2, 0) is 22.1 Å². The van der Waals surface area contributed by atoms with Crippen molar-refractivity contribution in [2.24, 2.45) is 0 Å². The van der Waals surface area contributed by atoms with E-state index in [0.717, 1.165) is 5.56 Å². The first kappa shape index (κ1) is 18.6. The van der Waals surface area contributed by atoms with Gasteiger partial charge in [0, 0.05) is 6.54 Å². The van der Waals surface area contributed by atoms with Gasteiger partial charge in [0.1, 0.15) is 11.5 Å². The molecule has 0 unspecified atom stereocenters. The van der Waals surface area contributed by atoms with Crippen molar-refractivity contribution in [2.75, 3.05) is 7.11 Å². The van der Waals surface area contributed by atoms with Crippen molar-refractivity contribution in [1.82, 2.24) is 15.5 Å². The van der Waals surface area contributed by atoms with Gasteiger partial charge in [0.2, 0.25) is 0 Å². The van der Waals surface area contributed by atoms with Crippen molar-refractivity contribution >= 4 is 15.7 Å². The first-order chi connectivity index (χ1) is 13.0. The van der Waals surface area contributed by atoms with Crippen LogP contribution in [0.25, 0.3) is 0 Å². The number of nitrogens with zero attached hydrogens (tertiary/aromatic N) is 2. The molecule has 0 saturated carbocycles. The fourth-order valence-corrected chi connectivity index (χ4v) is 3.52. The van der Waals surface area contributed by atoms with Crippen LogP contribution in [0.15, 0.2) is 64.0 Å². The largest absolute Gasteiger partial charge is 0.497 e. The number of ether oxygens (including phenoxy) is 1. The van der Waals surface area contributed by atoms with Gasteiger partial charge in [-0.1, -0.05) is 35.5 Å². The molecule has 1 N–H and O–H groups in total. The molecule has 0 spiro atoms. The first-order valence-electron chi connectivity index (χ1n) is 7.99. The molecule has 3 aromatic rings. The second kappa shape index (κ2) is 8.00. The molecule has 3 rings (SSSR count). The molecule has 140 valence electrons. The number of carbonyl (C=O) groups is 1.